The number of hydrogen-bond acceptors (Lipinski definition) is 1. The van der Waals surface area contributed by atoms with Crippen LogP contribution in [0.25, 0.3) is 0 Å². The number of aliphatic hydroxyl groups excluding tert-OH is 1. The van der Waals surface area contributed by atoms with E-state index in [4.69, 9.17) is 0 Å². The predicted octanol–water partition coefficient (Wildman–Crippen LogP) is 2.73. The summed E-state index contributed by atoms with van der Waals surface area (Å²) in [6, 6.07) is 0. The third kappa shape index (κ3) is 3.24. The van der Waals surface area contributed by atoms with Crippen molar-refractivity contribution in [3.63, 3.8) is 0 Å². The fourth-order valence-electron chi connectivity index (χ4n) is 1.97. The monoisotopic (exact) mass is 156 g/mol. The molecule has 0 heterocycles. The van der Waals surface area contributed by atoms with Crippen molar-refractivity contribution in [3.8, 4) is 0 Å². The molecule has 0 saturated heterocycles. The molecule has 11 heavy (non-hydrogen) atoms. The van der Waals surface area contributed by atoms with E-state index in [0.717, 1.165) is 0 Å². The molecule has 0 unspecified atom stereocenters. The van der Waals surface area contributed by atoms with Gasteiger partial charge in [0, 0.05) is 0 Å². The molecule has 66 valence electrons. The first-order valence-electron chi connectivity index (χ1n) is 4.99. The van der Waals surface area contributed by atoms with Gasteiger partial charge >= 0.3 is 0 Å². The fraction of sp³-hybridized carbons (Fsp3) is 1.00. The zero-order chi connectivity index (χ0) is 8.10. The molecule has 0 aromatic rings. The molecule has 0 radical (unpaired) electrons. The second kappa shape index (κ2) is 4.76. The maximum absolute atomic E-state index is 9.39. The second-order valence-corrected chi connectivity index (χ2v) is 3.85. The van der Waals surface area contributed by atoms with Crippen molar-refractivity contribution in [3.05, 3.63) is 0 Å². The average Bonchev–Trinajstić information content (AvgIpc) is 1.84. The maximum Gasteiger partial charge on any atom is 0.0540 e. The van der Waals surface area contributed by atoms with E-state index >= 15 is 0 Å². The highest BCUT2D eigenvalue weighted by Gasteiger charge is 2.15. The van der Waals surface area contributed by atoms with Gasteiger partial charge in [-0.05, 0) is 25.7 Å². The van der Waals surface area contributed by atoms with Gasteiger partial charge < -0.3 is 5.11 Å². The van der Waals surface area contributed by atoms with Crippen LogP contribution in [0.2, 0.25) is 0 Å². The molecule has 1 aliphatic carbocycles. The SMILES string of the molecule is C[C@@H](O)C1CCCCCCC1. The van der Waals surface area contributed by atoms with Crippen molar-refractivity contribution >= 4 is 0 Å². The van der Waals surface area contributed by atoms with E-state index in [2.05, 4.69) is 0 Å². The Labute approximate surface area is 69.8 Å². The summed E-state index contributed by atoms with van der Waals surface area (Å²) in [5.74, 6) is 0.593. The topological polar surface area (TPSA) is 20.2 Å². The highest BCUT2D eigenvalue weighted by Crippen LogP contribution is 2.24. The Morgan fingerprint density at radius 3 is 1.91 bits per heavy atom. The fourth-order valence-corrected chi connectivity index (χ4v) is 1.97. The largest absolute Gasteiger partial charge is 0.393 e. The van der Waals surface area contributed by atoms with Crippen molar-refractivity contribution in [1.29, 1.82) is 0 Å². The predicted molar refractivity (Wildman–Crippen MR) is 47.5 cm³/mol. The molecule has 1 saturated carbocycles. The molecule has 0 aromatic carbocycles. The zero-order valence-electron chi connectivity index (χ0n) is 7.55. The van der Waals surface area contributed by atoms with E-state index in [1.165, 1.54) is 44.9 Å². The van der Waals surface area contributed by atoms with Crippen LogP contribution in [0.3, 0.4) is 0 Å². The third-order valence-corrected chi connectivity index (χ3v) is 2.83. The summed E-state index contributed by atoms with van der Waals surface area (Å²) >= 11 is 0. The van der Waals surface area contributed by atoms with E-state index in [-0.39, 0.29) is 6.10 Å². The first kappa shape index (κ1) is 9.05. The minimum Gasteiger partial charge on any atom is -0.393 e. The molecule has 1 heteroatoms. The minimum absolute atomic E-state index is 0.0758. The van der Waals surface area contributed by atoms with Crippen LogP contribution in [0.15, 0.2) is 0 Å². The molecule has 1 fully saturated rings. The Balaban J connectivity index is 2.26. The lowest BCUT2D eigenvalue weighted by Gasteiger charge is -2.21. The van der Waals surface area contributed by atoms with Gasteiger partial charge in [-0.2, -0.15) is 0 Å². The second-order valence-electron chi connectivity index (χ2n) is 3.85. The van der Waals surface area contributed by atoms with Crippen molar-refractivity contribution in [2.24, 2.45) is 5.92 Å². The summed E-state index contributed by atoms with van der Waals surface area (Å²) in [5, 5.41) is 9.39. The molecule has 0 amide bonds. The Morgan fingerprint density at radius 2 is 1.45 bits per heavy atom. The Hall–Kier alpha value is -0.0400. The highest BCUT2D eigenvalue weighted by atomic mass is 16.3. The third-order valence-electron chi connectivity index (χ3n) is 2.83. The molecular weight excluding hydrogens is 136 g/mol. The van der Waals surface area contributed by atoms with E-state index in [1.54, 1.807) is 0 Å². The molecule has 1 N–H and O–H groups in total. The van der Waals surface area contributed by atoms with Gasteiger partial charge in [-0.25, -0.2) is 0 Å². The van der Waals surface area contributed by atoms with Gasteiger partial charge in [0.2, 0.25) is 0 Å². The summed E-state index contributed by atoms with van der Waals surface area (Å²) in [7, 11) is 0. The smallest absolute Gasteiger partial charge is 0.0540 e. The lowest BCUT2D eigenvalue weighted by atomic mass is 9.88. The molecule has 0 aliphatic heterocycles. The first-order valence-corrected chi connectivity index (χ1v) is 4.99. The molecule has 1 nitrogen and oxygen atoms in total. The van der Waals surface area contributed by atoms with Crippen LogP contribution in [0.5, 0.6) is 0 Å². The number of rotatable bonds is 1. The molecule has 0 bridgehead atoms. The van der Waals surface area contributed by atoms with Gasteiger partial charge in [0.05, 0.1) is 6.10 Å². The van der Waals surface area contributed by atoms with Crippen LogP contribution < -0.4 is 0 Å². The Morgan fingerprint density at radius 1 is 1.00 bits per heavy atom. The minimum atomic E-state index is -0.0758. The summed E-state index contributed by atoms with van der Waals surface area (Å²) < 4.78 is 0. The Kier molecular flexibility index (Phi) is 3.92. The van der Waals surface area contributed by atoms with Crippen molar-refractivity contribution in [1.82, 2.24) is 0 Å². The zero-order valence-corrected chi connectivity index (χ0v) is 7.55. The van der Waals surface area contributed by atoms with Gasteiger partial charge in [-0.1, -0.05) is 32.1 Å². The van der Waals surface area contributed by atoms with Gasteiger partial charge in [-0.15, -0.1) is 0 Å². The van der Waals surface area contributed by atoms with Crippen molar-refractivity contribution in [2.45, 2.75) is 58.0 Å². The maximum atomic E-state index is 9.39. The molecule has 1 aliphatic rings. The van der Waals surface area contributed by atoms with E-state index in [0.29, 0.717) is 5.92 Å². The molecule has 0 spiro atoms. The van der Waals surface area contributed by atoms with Crippen LogP contribution in [0, 0.1) is 5.92 Å². The number of hydrogen-bond donors (Lipinski definition) is 1. The van der Waals surface area contributed by atoms with Crippen LogP contribution in [-0.4, -0.2) is 11.2 Å². The van der Waals surface area contributed by atoms with Crippen LogP contribution in [0.1, 0.15) is 51.9 Å². The molecular formula is C10H20O. The summed E-state index contributed by atoms with van der Waals surface area (Å²) in [5.41, 5.74) is 0. The van der Waals surface area contributed by atoms with Crippen molar-refractivity contribution in [2.75, 3.05) is 0 Å². The molecule has 1 atom stereocenters. The lowest BCUT2D eigenvalue weighted by molar-refractivity contribution is 0.108. The van der Waals surface area contributed by atoms with Crippen LogP contribution in [0.4, 0.5) is 0 Å². The van der Waals surface area contributed by atoms with E-state index in [1.807, 2.05) is 6.92 Å². The average molecular weight is 156 g/mol. The number of aliphatic hydroxyl groups is 1. The Bertz CT molecular complexity index is 91.0. The standard InChI is InChI=1S/C10H20O/c1-9(11)10-7-5-3-2-4-6-8-10/h9-11H,2-8H2,1H3/t9-/m1/s1. The van der Waals surface area contributed by atoms with Gasteiger partial charge in [0.1, 0.15) is 0 Å². The van der Waals surface area contributed by atoms with Crippen LogP contribution in [-0.2, 0) is 0 Å². The van der Waals surface area contributed by atoms with E-state index in [9.17, 15) is 5.11 Å². The van der Waals surface area contributed by atoms with E-state index < -0.39 is 0 Å². The van der Waals surface area contributed by atoms with Gasteiger partial charge in [0.15, 0.2) is 0 Å². The summed E-state index contributed by atoms with van der Waals surface area (Å²) in [4.78, 5) is 0. The van der Waals surface area contributed by atoms with Gasteiger partial charge in [0.25, 0.3) is 0 Å². The first-order chi connectivity index (χ1) is 5.30. The summed E-state index contributed by atoms with van der Waals surface area (Å²) in [6.45, 7) is 1.94. The van der Waals surface area contributed by atoms with Crippen LogP contribution >= 0.6 is 0 Å². The molecule has 1 rings (SSSR count). The highest BCUT2D eigenvalue weighted by molar-refractivity contribution is 4.67. The quantitative estimate of drug-likeness (QED) is 0.619. The van der Waals surface area contributed by atoms with Gasteiger partial charge in [-0.3, -0.25) is 0 Å². The normalized spacial score (nSPS) is 25.6. The lowest BCUT2D eigenvalue weighted by Crippen LogP contribution is -2.17. The molecule has 0 aromatic heterocycles. The van der Waals surface area contributed by atoms with Crippen molar-refractivity contribution < 1.29 is 5.11 Å². The summed E-state index contributed by atoms with van der Waals surface area (Å²) in [6.07, 6.45) is 9.24.